The van der Waals surface area contributed by atoms with E-state index in [1.54, 1.807) is 36.4 Å². The molecule has 0 spiro atoms. The van der Waals surface area contributed by atoms with Crippen LogP contribution in [-0.2, 0) is 10.3 Å². The first-order chi connectivity index (χ1) is 19.1. The van der Waals surface area contributed by atoms with Gasteiger partial charge in [0.2, 0.25) is 0 Å². The van der Waals surface area contributed by atoms with Gasteiger partial charge in [-0.2, -0.15) is 13.2 Å². The average molecular weight is 549 g/mol. The molecule has 0 aromatic heterocycles. The summed E-state index contributed by atoms with van der Waals surface area (Å²) in [5.74, 6) is -2.28. The van der Waals surface area contributed by atoms with Gasteiger partial charge in [-0.15, -0.1) is 0 Å². The number of rotatable bonds is 7. The number of carbonyl (C=O) groups excluding carboxylic acids is 3. The summed E-state index contributed by atoms with van der Waals surface area (Å²) in [5, 5.41) is 2.16. The second-order valence-electron chi connectivity index (χ2n) is 9.94. The van der Waals surface area contributed by atoms with Gasteiger partial charge in [0.25, 0.3) is 17.7 Å². The summed E-state index contributed by atoms with van der Waals surface area (Å²) in [6.45, 7) is 4.25. The Kier molecular flexibility index (Phi) is 6.99. The number of carbonyl (C=O) groups is 3. The van der Waals surface area contributed by atoms with E-state index in [4.69, 9.17) is 4.74 Å². The zero-order chi connectivity index (χ0) is 28.7. The molecule has 206 valence electrons. The summed E-state index contributed by atoms with van der Waals surface area (Å²) in [7, 11) is 0. The van der Waals surface area contributed by atoms with Gasteiger partial charge in [0.1, 0.15) is 11.4 Å². The van der Waals surface area contributed by atoms with E-state index in [1.165, 1.54) is 36.4 Å². The van der Waals surface area contributed by atoms with E-state index in [0.29, 0.717) is 22.8 Å². The van der Waals surface area contributed by atoms with Crippen LogP contribution in [0.5, 0.6) is 5.75 Å². The molecule has 0 fully saturated rings. The van der Waals surface area contributed by atoms with Crippen LogP contribution in [-0.4, -0.2) is 35.4 Å². The number of aryl methyl sites for hydroxylation is 1. The van der Waals surface area contributed by atoms with Crippen molar-refractivity contribution in [1.29, 1.82) is 0 Å². The van der Waals surface area contributed by atoms with Gasteiger partial charge in [-0.1, -0.05) is 67.4 Å². The first kappa shape index (κ1) is 27.2. The van der Waals surface area contributed by atoms with Gasteiger partial charge in [-0.25, -0.2) is 4.90 Å². The lowest BCUT2D eigenvalue weighted by Gasteiger charge is -2.42. The van der Waals surface area contributed by atoms with Gasteiger partial charge in [0, 0.05) is 6.42 Å². The molecule has 2 aliphatic heterocycles. The maximum absolute atomic E-state index is 15.0. The van der Waals surface area contributed by atoms with Crippen LogP contribution in [0.1, 0.15) is 63.6 Å². The van der Waals surface area contributed by atoms with Gasteiger partial charge >= 0.3 is 6.18 Å². The summed E-state index contributed by atoms with van der Waals surface area (Å²) in [4.78, 5) is 41.0. The van der Waals surface area contributed by atoms with Gasteiger partial charge in [-0.05, 0) is 54.3 Å². The second-order valence-corrected chi connectivity index (χ2v) is 9.94. The Morgan fingerprint density at radius 1 is 0.900 bits per heavy atom. The SMILES string of the molecule is CCCCOc1ccc([C@]2(C(F)(F)F)CC(c3ccc(C)cc3)=C(N3C(=O)c4ccccc4C3=O)C(=O)N2)cc1. The van der Waals surface area contributed by atoms with Crippen molar-refractivity contribution in [2.24, 2.45) is 0 Å². The Morgan fingerprint density at radius 2 is 1.50 bits per heavy atom. The molecule has 1 N–H and O–H groups in total. The lowest BCUT2D eigenvalue weighted by atomic mass is 9.77. The number of hydrogen-bond acceptors (Lipinski definition) is 4. The van der Waals surface area contributed by atoms with Crippen molar-refractivity contribution in [1.82, 2.24) is 10.2 Å². The molecule has 0 unspecified atom stereocenters. The van der Waals surface area contributed by atoms with E-state index in [1.807, 2.05) is 13.8 Å². The highest BCUT2D eigenvalue weighted by Gasteiger charge is 2.60. The monoisotopic (exact) mass is 548 g/mol. The third-order valence-corrected chi connectivity index (χ3v) is 7.29. The predicted octanol–water partition coefficient (Wildman–Crippen LogP) is 6.16. The largest absolute Gasteiger partial charge is 0.494 e. The van der Waals surface area contributed by atoms with Crippen LogP contribution < -0.4 is 10.1 Å². The van der Waals surface area contributed by atoms with Gasteiger partial charge in [0.15, 0.2) is 5.54 Å². The number of alkyl halides is 3. The van der Waals surface area contributed by atoms with Crippen LogP contribution in [0.15, 0.2) is 78.5 Å². The number of unbranched alkanes of at least 4 members (excludes halogenated alkanes) is 1. The summed E-state index contributed by atoms with van der Waals surface area (Å²) in [5.41, 5.74) is -2.14. The van der Waals surface area contributed by atoms with Gasteiger partial charge in [0.05, 0.1) is 17.7 Å². The molecule has 6 nitrogen and oxygen atoms in total. The fraction of sp³-hybridized carbons (Fsp3) is 0.258. The van der Waals surface area contributed by atoms with Crippen LogP contribution in [0.2, 0.25) is 0 Å². The number of nitrogens with one attached hydrogen (secondary N) is 1. The molecular weight excluding hydrogens is 521 g/mol. The predicted molar refractivity (Wildman–Crippen MR) is 142 cm³/mol. The standard InChI is InChI=1S/C31H27F3N2O4/c1-3-4-17-40-22-15-13-21(14-16-22)30(31(32,33)34)18-25(20-11-9-19(2)10-12-20)26(27(37)35-30)36-28(38)23-7-5-6-8-24(23)29(36)39/h5-16H,3-4,17-18H2,1-2H3,(H,35,37)/t30-/m0/s1. The normalized spacial score (nSPS) is 19.1. The van der Waals surface area contributed by atoms with Crippen LogP contribution in [0, 0.1) is 6.92 Å². The van der Waals surface area contributed by atoms with E-state index < -0.39 is 41.6 Å². The minimum absolute atomic E-state index is 0.0566. The number of fused-ring (bicyclic) bond motifs is 1. The van der Waals surface area contributed by atoms with Crippen LogP contribution in [0.3, 0.4) is 0 Å². The molecule has 2 heterocycles. The Bertz CT molecular complexity index is 1480. The second kappa shape index (κ2) is 10.3. The molecule has 5 rings (SSSR count). The third-order valence-electron chi connectivity index (χ3n) is 7.29. The van der Waals surface area contributed by atoms with Crippen LogP contribution >= 0.6 is 0 Å². The number of hydrogen-bond donors (Lipinski definition) is 1. The number of nitrogens with zero attached hydrogens (tertiary/aromatic N) is 1. The minimum atomic E-state index is -4.92. The number of benzene rings is 3. The maximum atomic E-state index is 15.0. The average Bonchev–Trinajstić information content (AvgIpc) is 3.18. The molecule has 0 aliphatic carbocycles. The Balaban J connectivity index is 1.66. The van der Waals surface area contributed by atoms with E-state index in [-0.39, 0.29) is 22.3 Å². The fourth-order valence-electron chi connectivity index (χ4n) is 5.08. The molecule has 3 aromatic rings. The van der Waals surface area contributed by atoms with Crippen molar-refractivity contribution in [3.63, 3.8) is 0 Å². The highest BCUT2D eigenvalue weighted by atomic mass is 19.4. The van der Waals surface area contributed by atoms with Crippen LogP contribution in [0.25, 0.3) is 5.57 Å². The smallest absolute Gasteiger partial charge is 0.416 e. The highest BCUT2D eigenvalue weighted by Crippen LogP contribution is 2.49. The summed E-state index contributed by atoms with van der Waals surface area (Å²) < 4.78 is 50.7. The van der Waals surface area contributed by atoms with Crippen molar-refractivity contribution < 1.29 is 32.3 Å². The number of imide groups is 1. The lowest BCUT2D eigenvalue weighted by molar-refractivity contribution is -0.202. The maximum Gasteiger partial charge on any atom is 0.416 e. The van der Waals surface area contributed by atoms with Crippen molar-refractivity contribution in [3.05, 3.63) is 106 Å². The minimum Gasteiger partial charge on any atom is -0.494 e. The van der Waals surface area contributed by atoms with Gasteiger partial charge < -0.3 is 10.1 Å². The molecule has 0 radical (unpaired) electrons. The molecule has 3 amide bonds. The zero-order valence-corrected chi connectivity index (χ0v) is 22.0. The first-order valence-electron chi connectivity index (χ1n) is 13.0. The van der Waals surface area contributed by atoms with Crippen molar-refractivity contribution in [2.45, 2.75) is 44.8 Å². The highest BCUT2D eigenvalue weighted by molar-refractivity contribution is 6.26. The molecule has 0 saturated heterocycles. The van der Waals surface area contributed by atoms with E-state index in [2.05, 4.69) is 5.32 Å². The van der Waals surface area contributed by atoms with Crippen molar-refractivity contribution in [3.8, 4) is 5.75 Å². The number of ether oxygens (including phenoxy) is 1. The molecule has 1 atom stereocenters. The number of halogens is 3. The molecular formula is C31H27F3N2O4. The Hall–Kier alpha value is -4.40. The van der Waals surface area contributed by atoms with E-state index in [9.17, 15) is 14.4 Å². The van der Waals surface area contributed by atoms with E-state index >= 15 is 13.2 Å². The van der Waals surface area contributed by atoms with Gasteiger partial charge in [-0.3, -0.25) is 14.4 Å². The fourth-order valence-corrected chi connectivity index (χ4v) is 5.08. The summed E-state index contributed by atoms with van der Waals surface area (Å²) >= 11 is 0. The molecule has 40 heavy (non-hydrogen) atoms. The Morgan fingerprint density at radius 3 is 2.05 bits per heavy atom. The zero-order valence-electron chi connectivity index (χ0n) is 22.0. The summed E-state index contributed by atoms with van der Waals surface area (Å²) in [6.07, 6.45) is -3.94. The Labute approximate surface area is 229 Å². The van der Waals surface area contributed by atoms with E-state index in [0.717, 1.165) is 18.4 Å². The summed E-state index contributed by atoms with van der Waals surface area (Å²) in [6, 6.07) is 18.1. The van der Waals surface area contributed by atoms with Crippen molar-refractivity contribution >= 4 is 23.3 Å². The molecule has 2 aliphatic rings. The van der Waals surface area contributed by atoms with Crippen molar-refractivity contribution in [2.75, 3.05) is 6.61 Å². The van der Waals surface area contributed by atoms with Crippen LogP contribution in [0.4, 0.5) is 13.2 Å². The topological polar surface area (TPSA) is 75.7 Å². The first-order valence-corrected chi connectivity index (χ1v) is 13.0. The molecule has 9 heteroatoms. The number of amides is 3. The quantitative estimate of drug-likeness (QED) is 0.284. The third kappa shape index (κ3) is 4.55. The molecule has 0 bridgehead atoms. The lowest BCUT2D eigenvalue weighted by Crippen LogP contribution is -2.60. The molecule has 3 aromatic carbocycles. The molecule has 0 saturated carbocycles.